The Morgan fingerprint density at radius 3 is 2.69 bits per heavy atom. The molecule has 3 aromatic heterocycles. The van der Waals surface area contributed by atoms with E-state index in [0.717, 1.165) is 24.5 Å². The summed E-state index contributed by atoms with van der Waals surface area (Å²) in [6.45, 7) is 7.12. The van der Waals surface area contributed by atoms with E-state index in [-0.39, 0.29) is 11.5 Å². The fourth-order valence-corrected chi connectivity index (χ4v) is 4.06. The van der Waals surface area contributed by atoms with Crippen LogP contribution in [0.2, 0.25) is 0 Å². The van der Waals surface area contributed by atoms with Crippen molar-refractivity contribution in [2.45, 2.75) is 20.4 Å². The molecule has 1 aliphatic heterocycles. The molecular formula is C18H20N4O3S. The van der Waals surface area contributed by atoms with Gasteiger partial charge in [-0.25, -0.2) is 4.98 Å². The number of carbonyl (C=O) groups is 1. The fraction of sp³-hybridized carbons (Fsp3) is 0.389. The number of aryl methyl sites for hydroxylation is 2. The summed E-state index contributed by atoms with van der Waals surface area (Å²) in [5.74, 6) is 1.45. The number of amides is 1. The van der Waals surface area contributed by atoms with Gasteiger partial charge in [-0.05, 0) is 19.9 Å². The van der Waals surface area contributed by atoms with E-state index in [1.54, 1.807) is 22.7 Å². The van der Waals surface area contributed by atoms with Crippen LogP contribution < -0.4 is 5.56 Å². The van der Waals surface area contributed by atoms with Gasteiger partial charge in [0.2, 0.25) is 0 Å². The highest BCUT2D eigenvalue weighted by Gasteiger charge is 2.25. The van der Waals surface area contributed by atoms with E-state index in [2.05, 4.69) is 9.88 Å². The molecule has 8 heteroatoms. The van der Waals surface area contributed by atoms with Crippen LogP contribution in [0.1, 0.15) is 27.6 Å². The fourth-order valence-electron chi connectivity index (χ4n) is 3.32. The Labute approximate surface area is 154 Å². The first-order valence-electron chi connectivity index (χ1n) is 8.56. The third kappa shape index (κ3) is 3.17. The van der Waals surface area contributed by atoms with E-state index in [4.69, 9.17) is 4.42 Å². The quantitative estimate of drug-likeness (QED) is 0.702. The van der Waals surface area contributed by atoms with Gasteiger partial charge in [-0.1, -0.05) is 0 Å². The molecule has 0 radical (unpaired) electrons. The van der Waals surface area contributed by atoms with Crippen molar-refractivity contribution < 1.29 is 9.21 Å². The van der Waals surface area contributed by atoms with Crippen LogP contribution in [0, 0.1) is 13.8 Å². The third-order valence-corrected chi connectivity index (χ3v) is 5.43. The molecule has 0 spiro atoms. The molecule has 136 valence electrons. The summed E-state index contributed by atoms with van der Waals surface area (Å²) in [5.41, 5.74) is 1.37. The Balaban J connectivity index is 1.41. The van der Waals surface area contributed by atoms with Crippen LogP contribution in [0.25, 0.3) is 4.96 Å². The second kappa shape index (κ2) is 6.69. The summed E-state index contributed by atoms with van der Waals surface area (Å²) in [6.07, 6.45) is 1.74. The molecule has 0 saturated carbocycles. The van der Waals surface area contributed by atoms with E-state index in [1.807, 2.05) is 24.1 Å². The lowest BCUT2D eigenvalue weighted by Gasteiger charge is -2.34. The van der Waals surface area contributed by atoms with Crippen LogP contribution in [0.5, 0.6) is 0 Å². The van der Waals surface area contributed by atoms with Gasteiger partial charge >= 0.3 is 0 Å². The number of furan rings is 1. The highest BCUT2D eigenvalue weighted by Crippen LogP contribution is 2.17. The number of hydrogen-bond acceptors (Lipinski definition) is 6. The average Bonchev–Trinajstić information content (AvgIpc) is 3.21. The third-order valence-electron chi connectivity index (χ3n) is 4.67. The van der Waals surface area contributed by atoms with E-state index >= 15 is 0 Å². The SMILES string of the molecule is Cc1cc(C(=O)N2CCN(Cc3cc(=O)n4ccsc4n3)CC2)c(C)o1. The lowest BCUT2D eigenvalue weighted by Crippen LogP contribution is -2.48. The highest BCUT2D eigenvalue weighted by molar-refractivity contribution is 7.15. The molecule has 4 rings (SSSR count). The zero-order valence-corrected chi connectivity index (χ0v) is 15.6. The molecule has 0 bridgehead atoms. The van der Waals surface area contributed by atoms with Crippen LogP contribution in [-0.2, 0) is 6.54 Å². The molecule has 3 aromatic rings. The van der Waals surface area contributed by atoms with Crippen molar-refractivity contribution in [1.29, 1.82) is 0 Å². The van der Waals surface area contributed by atoms with Crippen LogP contribution in [0.15, 0.2) is 32.9 Å². The number of fused-ring (bicyclic) bond motifs is 1. The molecule has 1 saturated heterocycles. The van der Waals surface area contributed by atoms with Gasteiger partial charge in [0.15, 0.2) is 4.96 Å². The molecule has 1 aliphatic rings. The summed E-state index contributed by atoms with van der Waals surface area (Å²) in [4.78, 5) is 34.1. The number of thiazole rings is 1. The number of piperazine rings is 1. The van der Waals surface area contributed by atoms with Crippen LogP contribution >= 0.6 is 11.3 Å². The molecular weight excluding hydrogens is 352 g/mol. The Morgan fingerprint density at radius 1 is 1.23 bits per heavy atom. The van der Waals surface area contributed by atoms with Crippen molar-refractivity contribution in [3.05, 3.63) is 56.8 Å². The predicted molar refractivity (Wildman–Crippen MR) is 98.7 cm³/mol. The molecule has 4 heterocycles. The number of rotatable bonds is 3. The molecule has 0 atom stereocenters. The van der Waals surface area contributed by atoms with E-state index in [9.17, 15) is 9.59 Å². The van der Waals surface area contributed by atoms with E-state index in [0.29, 0.717) is 35.9 Å². The molecule has 1 fully saturated rings. The summed E-state index contributed by atoms with van der Waals surface area (Å²) in [7, 11) is 0. The van der Waals surface area contributed by atoms with Gasteiger partial charge in [0, 0.05) is 50.4 Å². The van der Waals surface area contributed by atoms with Crippen molar-refractivity contribution in [1.82, 2.24) is 19.2 Å². The number of hydrogen-bond donors (Lipinski definition) is 0. The van der Waals surface area contributed by atoms with Gasteiger partial charge < -0.3 is 9.32 Å². The van der Waals surface area contributed by atoms with Gasteiger partial charge in [0.05, 0.1) is 11.3 Å². The predicted octanol–water partition coefficient (Wildman–Crippen LogP) is 1.92. The van der Waals surface area contributed by atoms with Crippen LogP contribution in [-0.4, -0.2) is 51.3 Å². The Kier molecular flexibility index (Phi) is 4.37. The van der Waals surface area contributed by atoms with Gasteiger partial charge in [0.25, 0.3) is 11.5 Å². The molecule has 0 aromatic carbocycles. The minimum atomic E-state index is -0.0501. The van der Waals surface area contributed by atoms with Crippen molar-refractivity contribution >= 4 is 22.2 Å². The second-order valence-electron chi connectivity index (χ2n) is 6.54. The smallest absolute Gasteiger partial charge is 0.258 e. The molecule has 0 aliphatic carbocycles. The molecule has 1 amide bonds. The van der Waals surface area contributed by atoms with E-state index < -0.39 is 0 Å². The molecule has 0 N–H and O–H groups in total. The standard InChI is InChI=1S/C18H20N4O3S/c1-12-9-15(13(2)25-12)17(24)21-5-3-20(4-6-21)11-14-10-16(23)22-7-8-26-18(22)19-14/h7-10H,3-6,11H2,1-2H3. The van der Waals surface area contributed by atoms with Gasteiger partial charge in [-0.2, -0.15) is 0 Å². The normalized spacial score (nSPS) is 15.7. The highest BCUT2D eigenvalue weighted by atomic mass is 32.1. The maximum atomic E-state index is 12.7. The first-order chi connectivity index (χ1) is 12.5. The summed E-state index contributed by atoms with van der Waals surface area (Å²) in [6, 6.07) is 3.40. The maximum absolute atomic E-state index is 12.7. The van der Waals surface area contributed by atoms with Crippen molar-refractivity contribution in [2.24, 2.45) is 0 Å². The zero-order chi connectivity index (χ0) is 18.3. The first kappa shape index (κ1) is 17.0. The number of aromatic nitrogens is 2. The molecule has 0 unspecified atom stereocenters. The van der Waals surface area contributed by atoms with Crippen LogP contribution in [0.3, 0.4) is 0 Å². The summed E-state index contributed by atoms with van der Waals surface area (Å²) < 4.78 is 7.03. The Morgan fingerprint density at radius 2 is 2.00 bits per heavy atom. The Bertz CT molecular complexity index is 1010. The van der Waals surface area contributed by atoms with E-state index in [1.165, 1.54) is 11.3 Å². The van der Waals surface area contributed by atoms with Crippen LogP contribution in [0.4, 0.5) is 0 Å². The largest absolute Gasteiger partial charge is 0.466 e. The maximum Gasteiger partial charge on any atom is 0.258 e. The van der Waals surface area contributed by atoms with Crippen molar-refractivity contribution in [2.75, 3.05) is 26.2 Å². The average molecular weight is 372 g/mol. The molecule has 7 nitrogen and oxygen atoms in total. The van der Waals surface area contributed by atoms with Crippen molar-refractivity contribution in [3.63, 3.8) is 0 Å². The zero-order valence-electron chi connectivity index (χ0n) is 14.8. The number of nitrogens with zero attached hydrogens (tertiary/aromatic N) is 4. The minimum absolute atomic E-state index is 0.0235. The summed E-state index contributed by atoms with van der Waals surface area (Å²) in [5, 5.41) is 1.86. The minimum Gasteiger partial charge on any atom is -0.466 e. The van der Waals surface area contributed by atoms with Gasteiger partial charge in [-0.15, -0.1) is 11.3 Å². The second-order valence-corrected chi connectivity index (χ2v) is 7.41. The first-order valence-corrected chi connectivity index (χ1v) is 9.43. The number of carbonyl (C=O) groups excluding carboxylic acids is 1. The molecule has 26 heavy (non-hydrogen) atoms. The lowest BCUT2D eigenvalue weighted by atomic mass is 10.2. The monoisotopic (exact) mass is 372 g/mol. The topological polar surface area (TPSA) is 71.1 Å². The van der Waals surface area contributed by atoms with Gasteiger partial charge in [0.1, 0.15) is 11.5 Å². The Hall–Kier alpha value is -2.45. The van der Waals surface area contributed by atoms with Crippen molar-refractivity contribution in [3.8, 4) is 0 Å². The van der Waals surface area contributed by atoms with Gasteiger partial charge in [-0.3, -0.25) is 18.9 Å². The lowest BCUT2D eigenvalue weighted by molar-refractivity contribution is 0.0625. The summed E-state index contributed by atoms with van der Waals surface area (Å²) >= 11 is 1.45.